The van der Waals surface area contributed by atoms with Crippen molar-refractivity contribution in [2.75, 3.05) is 5.32 Å². The lowest BCUT2D eigenvalue weighted by atomic mass is 10.2. The van der Waals surface area contributed by atoms with E-state index in [1.807, 2.05) is 36.4 Å². The van der Waals surface area contributed by atoms with E-state index >= 15 is 0 Å². The molecule has 0 unspecified atom stereocenters. The van der Waals surface area contributed by atoms with Gasteiger partial charge in [-0.2, -0.15) is 0 Å². The quantitative estimate of drug-likeness (QED) is 0.517. The highest BCUT2D eigenvalue weighted by molar-refractivity contribution is 7.21. The zero-order chi connectivity index (χ0) is 19.7. The van der Waals surface area contributed by atoms with Crippen molar-refractivity contribution in [2.24, 2.45) is 0 Å². The van der Waals surface area contributed by atoms with Crippen LogP contribution in [0, 0.1) is 0 Å². The van der Waals surface area contributed by atoms with Gasteiger partial charge in [-0.05, 0) is 42.8 Å². The zero-order valence-electron chi connectivity index (χ0n) is 14.9. The number of amides is 1. The van der Waals surface area contributed by atoms with E-state index < -0.39 is 6.04 Å². The lowest BCUT2D eigenvalue weighted by Gasteiger charge is -2.14. The summed E-state index contributed by atoms with van der Waals surface area (Å²) in [5.74, 6) is -0.302. The second-order valence-electron chi connectivity index (χ2n) is 6.32. The smallest absolute Gasteiger partial charge is 0.262 e. The fourth-order valence-electron chi connectivity index (χ4n) is 2.86. The third kappa shape index (κ3) is 3.56. The summed E-state index contributed by atoms with van der Waals surface area (Å²) < 4.78 is 1.36. The van der Waals surface area contributed by atoms with Crippen LogP contribution in [-0.2, 0) is 4.79 Å². The molecule has 0 bridgehead atoms. The molecule has 0 aliphatic rings. The first kappa shape index (κ1) is 18.4. The summed E-state index contributed by atoms with van der Waals surface area (Å²) >= 11 is 7.32. The van der Waals surface area contributed by atoms with E-state index in [0.717, 1.165) is 10.4 Å². The summed E-state index contributed by atoms with van der Waals surface area (Å²) in [6.07, 6.45) is 1.43. The van der Waals surface area contributed by atoms with Crippen LogP contribution in [0.3, 0.4) is 0 Å². The molecule has 0 saturated heterocycles. The Labute approximate surface area is 170 Å². The van der Waals surface area contributed by atoms with Crippen molar-refractivity contribution in [3.8, 4) is 10.4 Å². The van der Waals surface area contributed by atoms with E-state index in [9.17, 15) is 9.59 Å². The largest absolute Gasteiger partial charge is 0.324 e. The van der Waals surface area contributed by atoms with Crippen molar-refractivity contribution in [2.45, 2.75) is 13.0 Å². The van der Waals surface area contributed by atoms with Gasteiger partial charge in [0.1, 0.15) is 10.9 Å². The molecule has 28 heavy (non-hydrogen) atoms. The molecule has 0 aliphatic heterocycles. The number of anilines is 1. The predicted octanol–water partition coefficient (Wildman–Crippen LogP) is 4.98. The molecule has 5 nitrogen and oxygen atoms in total. The monoisotopic (exact) mass is 409 g/mol. The average Bonchev–Trinajstić information content (AvgIpc) is 3.15. The molecular weight excluding hydrogens is 394 g/mol. The van der Waals surface area contributed by atoms with Crippen LogP contribution in [0.5, 0.6) is 0 Å². The number of hydrogen-bond acceptors (Lipinski definition) is 4. The number of carbonyl (C=O) groups excluding carboxylic acids is 1. The van der Waals surface area contributed by atoms with Gasteiger partial charge in [-0.25, -0.2) is 4.98 Å². The third-order valence-electron chi connectivity index (χ3n) is 4.44. The summed E-state index contributed by atoms with van der Waals surface area (Å²) in [5, 5.41) is 3.89. The van der Waals surface area contributed by atoms with Crippen LogP contribution < -0.4 is 10.9 Å². The minimum Gasteiger partial charge on any atom is -0.324 e. The number of rotatable bonds is 4. The van der Waals surface area contributed by atoms with Gasteiger partial charge < -0.3 is 5.32 Å². The molecule has 2 aromatic heterocycles. The van der Waals surface area contributed by atoms with Gasteiger partial charge in [-0.3, -0.25) is 14.2 Å². The van der Waals surface area contributed by atoms with Crippen LogP contribution in [0.1, 0.15) is 13.0 Å². The highest BCUT2D eigenvalue weighted by atomic mass is 35.5. The van der Waals surface area contributed by atoms with E-state index in [4.69, 9.17) is 11.6 Å². The summed E-state index contributed by atoms with van der Waals surface area (Å²) in [7, 11) is 0. The maximum absolute atomic E-state index is 12.9. The van der Waals surface area contributed by atoms with Gasteiger partial charge in [0, 0.05) is 15.6 Å². The first-order chi connectivity index (χ1) is 13.5. The third-order valence-corrected chi connectivity index (χ3v) is 5.79. The summed E-state index contributed by atoms with van der Waals surface area (Å²) in [6.45, 7) is 1.67. The summed E-state index contributed by atoms with van der Waals surface area (Å²) in [6, 6.07) is 17.8. The minimum atomic E-state index is -0.708. The van der Waals surface area contributed by atoms with Crippen LogP contribution in [0.15, 0.2) is 71.8 Å². The number of fused-ring (bicyclic) bond motifs is 1. The molecule has 1 N–H and O–H groups in total. The molecule has 2 aromatic carbocycles. The Morgan fingerprint density at radius 1 is 1.14 bits per heavy atom. The predicted molar refractivity (Wildman–Crippen MR) is 114 cm³/mol. The van der Waals surface area contributed by atoms with Gasteiger partial charge in [-0.15, -0.1) is 11.3 Å². The van der Waals surface area contributed by atoms with Crippen LogP contribution in [0.4, 0.5) is 5.69 Å². The Kier molecular flexibility index (Phi) is 4.98. The Balaban J connectivity index is 1.64. The topological polar surface area (TPSA) is 64.0 Å². The van der Waals surface area contributed by atoms with Crippen LogP contribution >= 0.6 is 22.9 Å². The molecule has 4 aromatic rings. The minimum absolute atomic E-state index is 0.234. The number of benzene rings is 2. The SMILES string of the molecule is C[C@@H](C(=O)Nc1ccc(Cl)cc1)n1cnc2sc(-c3ccccc3)cc2c1=O. The average molecular weight is 410 g/mol. The maximum atomic E-state index is 12.9. The number of nitrogens with one attached hydrogen (secondary N) is 1. The molecule has 2 heterocycles. The van der Waals surface area contributed by atoms with Crippen molar-refractivity contribution >= 4 is 44.7 Å². The van der Waals surface area contributed by atoms with Crippen molar-refractivity contribution < 1.29 is 4.79 Å². The van der Waals surface area contributed by atoms with Gasteiger partial charge in [0.05, 0.1) is 11.7 Å². The van der Waals surface area contributed by atoms with Crippen molar-refractivity contribution in [1.82, 2.24) is 9.55 Å². The molecular formula is C21H16ClN3O2S. The highest BCUT2D eigenvalue weighted by Crippen LogP contribution is 2.30. The molecule has 0 radical (unpaired) electrons. The molecule has 7 heteroatoms. The Hall–Kier alpha value is -2.96. The molecule has 4 rings (SSSR count). The molecule has 140 valence electrons. The highest BCUT2D eigenvalue weighted by Gasteiger charge is 2.19. The molecule has 0 fully saturated rings. The van der Waals surface area contributed by atoms with Gasteiger partial charge in [0.2, 0.25) is 5.91 Å². The number of aromatic nitrogens is 2. The van der Waals surface area contributed by atoms with Crippen LogP contribution in [0.2, 0.25) is 5.02 Å². The molecule has 0 aliphatic carbocycles. The van der Waals surface area contributed by atoms with Crippen molar-refractivity contribution in [3.63, 3.8) is 0 Å². The van der Waals surface area contributed by atoms with E-state index in [2.05, 4.69) is 10.3 Å². The molecule has 0 saturated carbocycles. The Bertz CT molecular complexity index is 1200. The second kappa shape index (κ2) is 7.58. The second-order valence-corrected chi connectivity index (χ2v) is 7.79. The number of halogens is 1. The van der Waals surface area contributed by atoms with Crippen LogP contribution in [0.25, 0.3) is 20.7 Å². The fraction of sp³-hybridized carbons (Fsp3) is 0.0952. The van der Waals surface area contributed by atoms with Crippen molar-refractivity contribution in [3.05, 3.63) is 82.4 Å². The van der Waals surface area contributed by atoms with Gasteiger partial charge in [0.25, 0.3) is 5.56 Å². The van der Waals surface area contributed by atoms with E-state index in [1.54, 1.807) is 31.2 Å². The van der Waals surface area contributed by atoms with Gasteiger partial charge >= 0.3 is 0 Å². The molecule has 1 atom stereocenters. The molecule has 1 amide bonds. The van der Waals surface area contributed by atoms with Crippen molar-refractivity contribution in [1.29, 1.82) is 0 Å². The van der Waals surface area contributed by atoms with E-state index in [1.165, 1.54) is 22.2 Å². The fourth-order valence-corrected chi connectivity index (χ4v) is 3.98. The zero-order valence-corrected chi connectivity index (χ0v) is 16.5. The first-order valence-corrected chi connectivity index (χ1v) is 9.85. The van der Waals surface area contributed by atoms with E-state index in [0.29, 0.717) is 20.9 Å². The number of carbonyl (C=O) groups is 1. The first-order valence-electron chi connectivity index (χ1n) is 8.65. The Morgan fingerprint density at radius 2 is 1.86 bits per heavy atom. The summed E-state index contributed by atoms with van der Waals surface area (Å²) in [4.78, 5) is 31.6. The van der Waals surface area contributed by atoms with Gasteiger partial charge in [0.15, 0.2) is 0 Å². The lowest BCUT2D eigenvalue weighted by molar-refractivity contribution is -0.118. The number of hydrogen-bond donors (Lipinski definition) is 1. The number of nitrogens with zero attached hydrogens (tertiary/aromatic N) is 2. The molecule has 0 spiro atoms. The normalized spacial score (nSPS) is 12.1. The van der Waals surface area contributed by atoms with Crippen LogP contribution in [-0.4, -0.2) is 15.5 Å². The Morgan fingerprint density at radius 3 is 2.57 bits per heavy atom. The summed E-state index contributed by atoms with van der Waals surface area (Å²) in [5.41, 5.74) is 1.41. The number of thiophene rings is 1. The lowest BCUT2D eigenvalue weighted by Crippen LogP contribution is -2.31. The standard InChI is InChI=1S/C21H16ClN3O2S/c1-13(19(26)24-16-9-7-15(22)8-10-16)25-12-23-20-17(21(25)27)11-18(28-20)14-5-3-2-4-6-14/h2-13H,1H3,(H,24,26)/t13-/m0/s1. The maximum Gasteiger partial charge on any atom is 0.262 e. The van der Waals surface area contributed by atoms with Gasteiger partial charge in [-0.1, -0.05) is 41.9 Å². The van der Waals surface area contributed by atoms with E-state index in [-0.39, 0.29) is 11.5 Å².